The first-order chi connectivity index (χ1) is 14.1. The van der Waals surface area contributed by atoms with Gasteiger partial charge in [0.15, 0.2) is 4.96 Å². The topological polar surface area (TPSA) is 63.5 Å². The van der Waals surface area contributed by atoms with Gasteiger partial charge in [0.05, 0.1) is 5.69 Å². The van der Waals surface area contributed by atoms with Crippen LogP contribution in [0.3, 0.4) is 0 Å². The molecule has 0 aliphatic carbocycles. The van der Waals surface area contributed by atoms with Gasteiger partial charge in [-0.25, -0.2) is 4.98 Å². The number of hydrogen-bond acceptors (Lipinski definition) is 4. The number of hydrogen-bond donors (Lipinski definition) is 1. The molecule has 4 aromatic rings. The van der Waals surface area contributed by atoms with Crippen molar-refractivity contribution in [3.8, 4) is 11.3 Å². The van der Waals surface area contributed by atoms with Crippen LogP contribution in [-0.4, -0.2) is 21.3 Å². The number of nitrogens with zero attached hydrogens (tertiary/aromatic N) is 2. The van der Waals surface area contributed by atoms with E-state index >= 15 is 0 Å². The van der Waals surface area contributed by atoms with Crippen LogP contribution in [0.1, 0.15) is 29.3 Å². The number of fused-ring (bicyclic) bond motifs is 1. The molecule has 2 aromatic heterocycles. The zero-order valence-electron chi connectivity index (χ0n) is 16.0. The molecule has 2 heterocycles. The molecule has 1 N–H and O–H groups in total. The zero-order valence-corrected chi connectivity index (χ0v) is 16.9. The van der Waals surface area contributed by atoms with Gasteiger partial charge < -0.3 is 5.32 Å². The van der Waals surface area contributed by atoms with Crippen LogP contribution in [0.15, 0.2) is 77.0 Å². The van der Waals surface area contributed by atoms with E-state index in [4.69, 9.17) is 0 Å². The van der Waals surface area contributed by atoms with E-state index in [0.717, 1.165) is 24.1 Å². The van der Waals surface area contributed by atoms with Gasteiger partial charge in [0.2, 0.25) is 0 Å². The molecule has 2 aromatic carbocycles. The van der Waals surface area contributed by atoms with E-state index in [1.807, 2.05) is 60.8 Å². The van der Waals surface area contributed by atoms with E-state index in [1.165, 1.54) is 27.5 Å². The average Bonchev–Trinajstić information content (AvgIpc) is 3.19. The first-order valence-corrected chi connectivity index (χ1v) is 10.4. The Morgan fingerprint density at radius 3 is 2.52 bits per heavy atom. The Hall–Kier alpha value is -3.25. The van der Waals surface area contributed by atoms with Crippen molar-refractivity contribution in [3.05, 3.63) is 93.7 Å². The van der Waals surface area contributed by atoms with Crippen molar-refractivity contribution in [1.82, 2.24) is 14.7 Å². The van der Waals surface area contributed by atoms with Crippen LogP contribution in [-0.2, 0) is 6.42 Å². The molecular formula is C23H21N3O2S. The molecule has 0 saturated heterocycles. The summed E-state index contributed by atoms with van der Waals surface area (Å²) < 4.78 is 1.52. The lowest BCUT2D eigenvalue weighted by molar-refractivity contribution is 0.0936. The highest BCUT2D eigenvalue weighted by molar-refractivity contribution is 7.15. The van der Waals surface area contributed by atoms with Crippen LogP contribution in [0.25, 0.3) is 16.2 Å². The lowest BCUT2D eigenvalue weighted by atomic mass is 10.1. The summed E-state index contributed by atoms with van der Waals surface area (Å²) in [6, 6.07) is 19.7. The second-order valence-electron chi connectivity index (χ2n) is 6.98. The second-order valence-corrected chi connectivity index (χ2v) is 7.82. The summed E-state index contributed by atoms with van der Waals surface area (Å²) in [7, 11) is 0. The normalized spacial score (nSPS) is 12.0. The Morgan fingerprint density at radius 1 is 1.10 bits per heavy atom. The fourth-order valence-electron chi connectivity index (χ4n) is 3.26. The van der Waals surface area contributed by atoms with Crippen LogP contribution in [0, 0.1) is 0 Å². The van der Waals surface area contributed by atoms with Crippen molar-refractivity contribution in [2.75, 3.05) is 0 Å². The van der Waals surface area contributed by atoms with Crippen molar-refractivity contribution in [2.24, 2.45) is 0 Å². The zero-order chi connectivity index (χ0) is 20.2. The van der Waals surface area contributed by atoms with E-state index in [0.29, 0.717) is 4.96 Å². The second kappa shape index (κ2) is 8.41. The standard InChI is InChI=1S/C23H21N3O2S/c1-16(12-13-17-8-4-2-5-9-17)25-21(27)19-14-24-23-26(22(19)28)20(15-29-23)18-10-6-3-7-11-18/h2-11,14-16H,12-13H2,1H3,(H,25,27). The molecule has 1 amide bonds. The minimum atomic E-state index is -0.386. The summed E-state index contributed by atoms with van der Waals surface area (Å²) in [6.45, 7) is 1.95. The summed E-state index contributed by atoms with van der Waals surface area (Å²) in [6.07, 6.45) is 3.03. The lowest BCUT2D eigenvalue weighted by Crippen LogP contribution is -2.37. The maximum absolute atomic E-state index is 13.1. The minimum Gasteiger partial charge on any atom is -0.349 e. The number of thiazole rings is 1. The number of aromatic nitrogens is 2. The van der Waals surface area contributed by atoms with E-state index < -0.39 is 0 Å². The largest absolute Gasteiger partial charge is 0.349 e. The van der Waals surface area contributed by atoms with Crippen molar-refractivity contribution >= 4 is 22.2 Å². The van der Waals surface area contributed by atoms with Crippen LogP contribution < -0.4 is 10.9 Å². The van der Waals surface area contributed by atoms with Gasteiger partial charge in [0, 0.05) is 17.6 Å². The summed E-state index contributed by atoms with van der Waals surface area (Å²) in [5, 5.41) is 4.83. The van der Waals surface area contributed by atoms with Gasteiger partial charge in [-0.1, -0.05) is 60.7 Å². The first kappa shape index (κ1) is 19.1. The molecule has 5 nitrogen and oxygen atoms in total. The van der Waals surface area contributed by atoms with Gasteiger partial charge in [0.1, 0.15) is 5.56 Å². The Kier molecular flexibility index (Phi) is 5.53. The van der Waals surface area contributed by atoms with Crippen LogP contribution in [0.4, 0.5) is 0 Å². The van der Waals surface area contributed by atoms with Crippen molar-refractivity contribution < 1.29 is 4.79 Å². The Bertz CT molecular complexity index is 1180. The molecule has 0 bridgehead atoms. The first-order valence-electron chi connectivity index (χ1n) is 9.53. The number of carbonyl (C=O) groups is 1. The van der Waals surface area contributed by atoms with Gasteiger partial charge >= 0.3 is 0 Å². The number of carbonyl (C=O) groups excluding carboxylic acids is 1. The quantitative estimate of drug-likeness (QED) is 0.525. The smallest absolute Gasteiger partial charge is 0.271 e. The van der Waals surface area contributed by atoms with Crippen LogP contribution in [0.5, 0.6) is 0 Å². The van der Waals surface area contributed by atoms with Gasteiger partial charge in [-0.3, -0.25) is 14.0 Å². The highest BCUT2D eigenvalue weighted by Crippen LogP contribution is 2.23. The van der Waals surface area contributed by atoms with Crippen molar-refractivity contribution in [3.63, 3.8) is 0 Å². The SMILES string of the molecule is CC(CCc1ccccc1)NC(=O)c1cnc2scc(-c3ccccc3)n2c1=O. The average molecular weight is 404 g/mol. The minimum absolute atomic E-state index is 0.0566. The maximum Gasteiger partial charge on any atom is 0.271 e. The van der Waals surface area contributed by atoms with Crippen molar-refractivity contribution in [1.29, 1.82) is 0 Å². The molecule has 0 spiro atoms. The van der Waals surface area contributed by atoms with Crippen LogP contribution >= 0.6 is 11.3 Å². The number of amides is 1. The number of benzene rings is 2. The monoisotopic (exact) mass is 403 g/mol. The highest BCUT2D eigenvalue weighted by Gasteiger charge is 2.18. The molecule has 1 unspecified atom stereocenters. The van der Waals surface area contributed by atoms with E-state index in [-0.39, 0.29) is 23.1 Å². The van der Waals surface area contributed by atoms with Crippen LogP contribution in [0.2, 0.25) is 0 Å². The van der Waals surface area contributed by atoms with Crippen molar-refractivity contribution in [2.45, 2.75) is 25.8 Å². The molecule has 0 aliphatic rings. The summed E-state index contributed by atoms with van der Waals surface area (Å²) >= 11 is 1.38. The number of nitrogens with one attached hydrogen (secondary N) is 1. The van der Waals surface area contributed by atoms with E-state index in [2.05, 4.69) is 22.4 Å². The molecule has 146 valence electrons. The molecule has 1 atom stereocenters. The number of aryl methyl sites for hydroxylation is 1. The summed E-state index contributed by atoms with van der Waals surface area (Å²) in [5.74, 6) is -0.386. The molecule has 0 saturated carbocycles. The van der Waals surface area contributed by atoms with E-state index in [1.54, 1.807) is 0 Å². The molecule has 0 fully saturated rings. The fraction of sp³-hybridized carbons (Fsp3) is 0.174. The Balaban J connectivity index is 1.55. The maximum atomic E-state index is 13.1. The van der Waals surface area contributed by atoms with Gasteiger partial charge in [0.25, 0.3) is 11.5 Å². The molecule has 6 heteroatoms. The third-order valence-corrected chi connectivity index (χ3v) is 5.69. The summed E-state index contributed by atoms with van der Waals surface area (Å²) in [5.41, 5.74) is 2.60. The molecule has 4 rings (SSSR count). The summed E-state index contributed by atoms with van der Waals surface area (Å²) in [4.78, 5) is 30.7. The molecule has 29 heavy (non-hydrogen) atoms. The molecular weight excluding hydrogens is 382 g/mol. The lowest BCUT2D eigenvalue weighted by Gasteiger charge is -2.13. The number of rotatable bonds is 6. The van der Waals surface area contributed by atoms with Gasteiger partial charge in [-0.05, 0) is 30.9 Å². The van der Waals surface area contributed by atoms with E-state index in [9.17, 15) is 9.59 Å². The third kappa shape index (κ3) is 4.12. The fourth-order valence-corrected chi connectivity index (χ4v) is 4.12. The third-order valence-electron chi connectivity index (χ3n) is 4.85. The Labute approximate surface area is 172 Å². The predicted molar refractivity (Wildman–Crippen MR) is 116 cm³/mol. The van der Waals surface area contributed by atoms with Gasteiger partial charge in [-0.15, -0.1) is 11.3 Å². The highest BCUT2D eigenvalue weighted by atomic mass is 32.1. The molecule has 0 radical (unpaired) electrons. The predicted octanol–water partition coefficient (Wildman–Crippen LogP) is 4.17. The molecule has 0 aliphatic heterocycles. The van der Waals surface area contributed by atoms with Gasteiger partial charge in [-0.2, -0.15) is 0 Å². The Morgan fingerprint density at radius 2 is 1.79 bits per heavy atom.